The van der Waals surface area contributed by atoms with Crippen molar-refractivity contribution in [2.75, 3.05) is 6.54 Å². The summed E-state index contributed by atoms with van der Waals surface area (Å²) in [6, 6.07) is 2.38. The van der Waals surface area contributed by atoms with Crippen LogP contribution in [0.3, 0.4) is 0 Å². The Hall–Kier alpha value is -1.58. The minimum atomic E-state index is -0.660. The van der Waals surface area contributed by atoms with Gasteiger partial charge < -0.3 is 10.4 Å². The van der Waals surface area contributed by atoms with E-state index in [-0.39, 0.29) is 11.3 Å². The van der Waals surface area contributed by atoms with Crippen molar-refractivity contribution < 1.29 is 14.3 Å². The van der Waals surface area contributed by atoms with E-state index in [1.165, 1.54) is 6.07 Å². The largest absolute Gasteiger partial charge is 0.508 e. The molecule has 13 heavy (non-hydrogen) atoms. The van der Waals surface area contributed by atoms with Gasteiger partial charge in [-0.3, -0.25) is 4.79 Å². The van der Waals surface area contributed by atoms with Crippen LogP contribution in [-0.2, 0) is 6.42 Å². The fourth-order valence-electron chi connectivity index (χ4n) is 1.50. The number of phenolic OH excluding ortho intramolecular Hbond substituents is 1. The number of halogens is 1. The summed E-state index contributed by atoms with van der Waals surface area (Å²) >= 11 is 0. The fourth-order valence-corrected chi connectivity index (χ4v) is 1.50. The molecule has 4 heteroatoms. The first-order valence-corrected chi connectivity index (χ1v) is 3.98. The molecule has 1 aliphatic rings. The third-order valence-corrected chi connectivity index (χ3v) is 2.06. The Balaban J connectivity index is 2.63. The molecule has 0 bridgehead atoms. The van der Waals surface area contributed by atoms with Crippen LogP contribution in [0.1, 0.15) is 15.9 Å². The van der Waals surface area contributed by atoms with Crippen LogP contribution in [0.5, 0.6) is 5.75 Å². The fraction of sp³-hybridized carbons (Fsp3) is 0.222. The Kier molecular flexibility index (Phi) is 1.69. The molecule has 0 radical (unpaired) electrons. The number of hydrogen-bond donors (Lipinski definition) is 2. The van der Waals surface area contributed by atoms with E-state index in [0.717, 1.165) is 6.07 Å². The van der Waals surface area contributed by atoms with Crippen LogP contribution in [0.25, 0.3) is 0 Å². The number of amides is 1. The molecule has 0 aliphatic carbocycles. The van der Waals surface area contributed by atoms with E-state index >= 15 is 0 Å². The van der Waals surface area contributed by atoms with Crippen molar-refractivity contribution >= 4 is 5.91 Å². The van der Waals surface area contributed by atoms with Crippen molar-refractivity contribution in [1.29, 1.82) is 0 Å². The Bertz CT molecular complexity index is 376. The SMILES string of the molecule is O=C1NCCc2cc(O)cc(F)c21. The molecule has 0 saturated carbocycles. The highest BCUT2D eigenvalue weighted by molar-refractivity contribution is 5.97. The Morgan fingerprint density at radius 2 is 2.23 bits per heavy atom. The smallest absolute Gasteiger partial charge is 0.254 e. The molecule has 0 unspecified atom stereocenters. The average Bonchev–Trinajstić information content (AvgIpc) is 2.02. The van der Waals surface area contributed by atoms with E-state index in [1.54, 1.807) is 0 Å². The molecule has 3 nitrogen and oxygen atoms in total. The van der Waals surface area contributed by atoms with E-state index in [4.69, 9.17) is 5.11 Å². The lowest BCUT2D eigenvalue weighted by Gasteiger charge is -2.16. The van der Waals surface area contributed by atoms with Crippen molar-refractivity contribution in [2.24, 2.45) is 0 Å². The van der Waals surface area contributed by atoms with E-state index in [2.05, 4.69) is 5.32 Å². The molecule has 1 heterocycles. The number of carbonyl (C=O) groups excluding carboxylic acids is 1. The van der Waals surface area contributed by atoms with Gasteiger partial charge in [0.05, 0.1) is 5.56 Å². The first-order chi connectivity index (χ1) is 6.18. The number of nitrogens with one attached hydrogen (secondary N) is 1. The van der Waals surface area contributed by atoms with Gasteiger partial charge in [0, 0.05) is 12.6 Å². The Morgan fingerprint density at radius 3 is 3.00 bits per heavy atom. The average molecular weight is 181 g/mol. The quantitative estimate of drug-likeness (QED) is 0.622. The summed E-state index contributed by atoms with van der Waals surface area (Å²) in [4.78, 5) is 11.2. The number of phenols is 1. The van der Waals surface area contributed by atoms with Crippen molar-refractivity contribution in [3.8, 4) is 5.75 Å². The van der Waals surface area contributed by atoms with Crippen LogP contribution >= 0.6 is 0 Å². The van der Waals surface area contributed by atoms with Crippen molar-refractivity contribution in [3.05, 3.63) is 29.1 Å². The molecule has 0 saturated heterocycles. The van der Waals surface area contributed by atoms with Crippen LogP contribution in [0.2, 0.25) is 0 Å². The molecule has 68 valence electrons. The van der Waals surface area contributed by atoms with Crippen LogP contribution < -0.4 is 5.32 Å². The number of carbonyl (C=O) groups is 1. The van der Waals surface area contributed by atoms with Gasteiger partial charge in [-0.15, -0.1) is 0 Å². The molecule has 1 aliphatic heterocycles. The molecule has 0 aromatic heterocycles. The molecular formula is C9H8FNO2. The van der Waals surface area contributed by atoms with Gasteiger partial charge in [-0.05, 0) is 18.1 Å². The van der Waals surface area contributed by atoms with Gasteiger partial charge in [-0.25, -0.2) is 4.39 Å². The van der Waals surface area contributed by atoms with Gasteiger partial charge >= 0.3 is 0 Å². The molecule has 2 N–H and O–H groups in total. The van der Waals surface area contributed by atoms with Crippen LogP contribution in [0, 0.1) is 5.82 Å². The zero-order valence-electron chi connectivity index (χ0n) is 6.80. The lowest BCUT2D eigenvalue weighted by molar-refractivity contribution is 0.0941. The van der Waals surface area contributed by atoms with Gasteiger partial charge in [0.1, 0.15) is 11.6 Å². The van der Waals surface area contributed by atoms with Crippen LogP contribution in [-0.4, -0.2) is 17.6 Å². The highest BCUT2D eigenvalue weighted by Crippen LogP contribution is 2.22. The maximum atomic E-state index is 13.2. The Labute approximate surface area is 74.2 Å². The predicted octanol–water partition coefficient (Wildman–Crippen LogP) is 0.817. The Morgan fingerprint density at radius 1 is 1.46 bits per heavy atom. The number of benzene rings is 1. The second-order valence-corrected chi connectivity index (χ2v) is 2.97. The van der Waals surface area contributed by atoms with Crippen molar-refractivity contribution in [3.63, 3.8) is 0 Å². The van der Waals surface area contributed by atoms with Crippen LogP contribution in [0.4, 0.5) is 4.39 Å². The lowest BCUT2D eigenvalue weighted by Crippen LogP contribution is -2.32. The predicted molar refractivity (Wildman–Crippen MR) is 44.1 cm³/mol. The van der Waals surface area contributed by atoms with Gasteiger partial charge in [-0.2, -0.15) is 0 Å². The molecule has 1 aromatic rings. The summed E-state index contributed by atoms with van der Waals surface area (Å²) < 4.78 is 13.2. The maximum absolute atomic E-state index is 13.2. The van der Waals surface area contributed by atoms with Crippen molar-refractivity contribution in [1.82, 2.24) is 5.32 Å². The first-order valence-electron chi connectivity index (χ1n) is 3.98. The highest BCUT2D eigenvalue weighted by atomic mass is 19.1. The van der Waals surface area contributed by atoms with Gasteiger partial charge in [-0.1, -0.05) is 0 Å². The molecule has 1 aromatic carbocycles. The normalized spacial score (nSPS) is 15.0. The standard InChI is InChI=1S/C9H8FNO2/c10-7-4-6(12)3-5-1-2-11-9(13)8(5)7/h3-4,12H,1-2H2,(H,11,13). The maximum Gasteiger partial charge on any atom is 0.254 e. The highest BCUT2D eigenvalue weighted by Gasteiger charge is 2.21. The number of hydrogen-bond acceptors (Lipinski definition) is 2. The van der Waals surface area contributed by atoms with Crippen molar-refractivity contribution in [2.45, 2.75) is 6.42 Å². The molecular weight excluding hydrogens is 173 g/mol. The monoisotopic (exact) mass is 181 g/mol. The second-order valence-electron chi connectivity index (χ2n) is 2.97. The molecule has 1 amide bonds. The summed E-state index contributed by atoms with van der Waals surface area (Å²) in [5, 5.41) is 11.6. The van der Waals surface area contributed by atoms with E-state index in [9.17, 15) is 9.18 Å². The number of fused-ring (bicyclic) bond motifs is 1. The number of rotatable bonds is 0. The lowest BCUT2D eigenvalue weighted by atomic mass is 9.99. The minimum absolute atomic E-state index is 0.0593. The van der Waals surface area contributed by atoms with Gasteiger partial charge in [0.15, 0.2) is 0 Å². The second kappa shape index (κ2) is 2.73. The molecule has 2 rings (SSSR count). The summed E-state index contributed by atoms with van der Waals surface area (Å²) in [5.74, 6) is -1.20. The van der Waals surface area contributed by atoms with Gasteiger partial charge in [0.25, 0.3) is 5.91 Å². The zero-order chi connectivity index (χ0) is 9.42. The minimum Gasteiger partial charge on any atom is -0.508 e. The summed E-state index contributed by atoms with van der Waals surface area (Å²) in [6.45, 7) is 0.495. The van der Waals surface area contributed by atoms with Crippen LogP contribution in [0.15, 0.2) is 12.1 Å². The topological polar surface area (TPSA) is 49.3 Å². The third-order valence-electron chi connectivity index (χ3n) is 2.06. The third kappa shape index (κ3) is 1.24. The first kappa shape index (κ1) is 8.04. The molecule has 0 fully saturated rings. The summed E-state index contributed by atoms with van der Waals surface area (Å²) in [6.07, 6.45) is 0.562. The summed E-state index contributed by atoms with van der Waals surface area (Å²) in [5.41, 5.74) is 0.630. The number of aromatic hydroxyl groups is 1. The van der Waals surface area contributed by atoms with E-state index < -0.39 is 11.7 Å². The van der Waals surface area contributed by atoms with E-state index in [0.29, 0.717) is 18.5 Å². The molecule has 0 spiro atoms. The molecule has 0 atom stereocenters. The van der Waals surface area contributed by atoms with Gasteiger partial charge in [0.2, 0.25) is 0 Å². The zero-order valence-corrected chi connectivity index (χ0v) is 6.80. The van der Waals surface area contributed by atoms with E-state index in [1.807, 2.05) is 0 Å². The summed E-state index contributed by atoms with van der Waals surface area (Å²) in [7, 11) is 0.